The van der Waals surface area contributed by atoms with E-state index in [9.17, 15) is 9.18 Å². The zero-order valence-corrected chi connectivity index (χ0v) is 14.9. The fraction of sp³-hybridized carbons (Fsp3) is 0.158. The smallest absolute Gasteiger partial charge is 0.279 e. The average molecular weight is 355 g/mol. The van der Waals surface area contributed by atoms with E-state index in [1.165, 1.54) is 17.4 Å². The Morgan fingerprint density at radius 2 is 2.00 bits per heavy atom. The van der Waals surface area contributed by atoms with Crippen LogP contribution < -0.4 is 9.70 Å². The second-order valence-electron chi connectivity index (χ2n) is 5.73. The van der Waals surface area contributed by atoms with Gasteiger partial charge < -0.3 is 9.47 Å². The summed E-state index contributed by atoms with van der Waals surface area (Å²) in [5.41, 5.74) is 1.94. The van der Waals surface area contributed by atoms with Crippen LogP contribution in [0.15, 0.2) is 60.1 Å². The monoisotopic (exact) mass is 355 g/mol. The van der Waals surface area contributed by atoms with Crippen molar-refractivity contribution in [1.29, 1.82) is 0 Å². The first-order valence-electron chi connectivity index (χ1n) is 7.76. The molecule has 25 heavy (non-hydrogen) atoms. The van der Waals surface area contributed by atoms with E-state index in [-0.39, 0.29) is 11.7 Å². The Hall–Kier alpha value is -2.73. The number of rotatable bonds is 4. The lowest BCUT2D eigenvalue weighted by molar-refractivity contribution is 0.0998. The van der Waals surface area contributed by atoms with Crippen LogP contribution in [-0.2, 0) is 6.54 Å². The zero-order chi connectivity index (χ0) is 18.0. The van der Waals surface area contributed by atoms with E-state index in [1.54, 1.807) is 28.8 Å². The minimum atomic E-state index is -0.352. The van der Waals surface area contributed by atoms with Crippen LogP contribution in [0.5, 0.6) is 0 Å². The number of hydrogen-bond acceptors (Lipinski definition) is 3. The van der Waals surface area contributed by atoms with E-state index in [4.69, 9.17) is 0 Å². The Morgan fingerprint density at radius 3 is 2.64 bits per heavy atom. The van der Waals surface area contributed by atoms with Crippen molar-refractivity contribution in [1.82, 2.24) is 4.57 Å². The normalized spacial score (nSPS) is 11.7. The molecular formula is C19H18FN3OS. The van der Waals surface area contributed by atoms with E-state index in [2.05, 4.69) is 11.6 Å². The molecule has 0 unspecified atom stereocenters. The van der Waals surface area contributed by atoms with Crippen molar-refractivity contribution in [3.05, 3.63) is 71.3 Å². The van der Waals surface area contributed by atoms with Crippen LogP contribution in [-0.4, -0.2) is 24.6 Å². The highest BCUT2D eigenvalue weighted by atomic mass is 32.1. The molecule has 0 aliphatic rings. The van der Waals surface area contributed by atoms with Crippen molar-refractivity contribution in [3.8, 4) is 0 Å². The number of hydrogen-bond donors (Lipinski definition) is 0. The van der Waals surface area contributed by atoms with Gasteiger partial charge in [0.15, 0.2) is 4.80 Å². The average Bonchev–Trinajstić information content (AvgIpc) is 2.94. The third-order valence-electron chi connectivity index (χ3n) is 3.79. The van der Waals surface area contributed by atoms with Gasteiger partial charge in [-0.25, -0.2) is 4.39 Å². The first kappa shape index (κ1) is 17.1. The standard InChI is InChI=1S/C19H18FN3OS/c1-4-12-23-17-15(20)6-5-7-16(17)25-19(23)21-18(24)13-8-10-14(11-9-13)22(2)3/h4-11H,1,12H2,2-3H3. The van der Waals surface area contributed by atoms with Gasteiger partial charge in [-0.3, -0.25) is 4.79 Å². The third kappa shape index (κ3) is 3.39. The molecule has 2 aromatic carbocycles. The molecule has 3 aromatic rings. The van der Waals surface area contributed by atoms with E-state index in [1.807, 2.05) is 37.2 Å². The Labute approximate surface area is 149 Å². The molecule has 0 saturated carbocycles. The highest BCUT2D eigenvalue weighted by molar-refractivity contribution is 7.16. The molecule has 128 valence electrons. The third-order valence-corrected chi connectivity index (χ3v) is 4.83. The zero-order valence-electron chi connectivity index (χ0n) is 14.1. The van der Waals surface area contributed by atoms with E-state index < -0.39 is 0 Å². The maximum absolute atomic E-state index is 14.2. The van der Waals surface area contributed by atoms with Crippen LogP contribution in [0, 0.1) is 5.82 Å². The van der Waals surface area contributed by atoms with Gasteiger partial charge in [-0.05, 0) is 36.4 Å². The summed E-state index contributed by atoms with van der Waals surface area (Å²) in [6.07, 6.45) is 1.66. The van der Waals surface area contributed by atoms with Gasteiger partial charge >= 0.3 is 0 Å². The number of allylic oxidation sites excluding steroid dienone is 1. The predicted molar refractivity (Wildman–Crippen MR) is 101 cm³/mol. The van der Waals surface area contributed by atoms with Crippen LogP contribution in [0.3, 0.4) is 0 Å². The molecule has 1 heterocycles. The molecule has 4 nitrogen and oxygen atoms in total. The summed E-state index contributed by atoms with van der Waals surface area (Å²) in [6, 6.07) is 12.1. The Balaban J connectivity index is 2.08. The molecule has 1 aromatic heterocycles. The van der Waals surface area contributed by atoms with Crippen molar-refractivity contribution in [2.45, 2.75) is 6.54 Å². The minimum absolute atomic E-state index is 0.333. The molecule has 0 radical (unpaired) electrons. The van der Waals surface area contributed by atoms with Crippen LogP contribution in [0.4, 0.5) is 10.1 Å². The number of anilines is 1. The SMILES string of the molecule is C=CCn1c(=NC(=O)c2ccc(N(C)C)cc2)sc2cccc(F)c21. The van der Waals surface area contributed by atoms with Crippen LogP contribution >= 0.6 is 11.3 Å². The molecule has 0 N–H and O–H groups in total. The number of para-hydroxylation sites is 1. The Kier molecular flexibility index (Phi) is 4.81. The quantitative estimate of drug-likeness (QED) is 0.667. The summed E-state index contributed by atoms with van der Waals surface area (Å²) >= 11 is 1.29. The Morgan fingerprint density at radius 1 is 1.28 bits per heavy atom. The van der Waals surface area contributed by atoms with Gasteiger partial charge in [0.2, 0.25) is 0 Å². The molecule has 0 aliphatic heterocycles. The number of carbonyl (C=O) groups excluding carboxylic acids is 1. The molecule has 0 saturated heterocycles. The lowest BCUT2D eigenvalue weighted by atomic mass is 10.2. The molecule has 1 amide bonds. The number of fused-ring (bicyclic) bond motifs is 1. The lowest BCUT2D eigenvalue weighted by Crippen LogP contribution is -2.17. The molecule has 0 atom stereocenters. The highest BCUT2D eigenvalue weighted by Crippen LogP contribution is 2.20. The van der Waals surface area contributed by atoms with Crippen molar-refractivity contribution in [2.75, 3.05) is 19.0 Å². The molecule has 3 rings (SSSR count). The number of carbonyl (C=O) groups is 1. The molecular weight excluding hydrogens is 337 g/mol. The Bertz CT molecular complexity index is 1000. The van der Waals surface area contributed by atoms with Gasteiger partial charge in [0.1, 0.15) is 5.82 Å². The second-order valence-corrected chi connectivity index (χ2v) is 6.74. The summed E-state index contributed by atoms with van der Waals surface area (Å²) in [6.45, 7) is 4.09. The van der Waals surface area contributed by atoms with Crippen LogP contribution in [0.1, 0.15) is 10.4 Å². The second kappa shape index (κ2) is 7.03. The van der Waals surface area contributed by atoms with Gasteiger partial charge in [-0.15, -0.1) is 6.58 Å². The summed E-state index contributed by atoms with van der Waals surface area (Å²) in [4.78, 5) is 19.1. The van der Waals surface area contributed by atoms with E-state index in [0.29, 0.717) is 22.4 Å². The maximum Gasteiger partial charge on any atom is 0.279 e. The molecule has 0 aliphatic carbocycles. The number of nitrogens with zero attached hydrogens (tertiary/aromatic N) is 3. The van der Waals surface area contributed by atoms with Gasteiger partial charge in [0.05, 0.1) is 10.2 Å². The van der Waals surface area contributed by atoms with Gasteiger partial charge in [-0.1, -0.05) is 23.5 Å². The van der Waals surface area contributed by atoms with Crippen molar-refractivity contribution in [3.63, 3.8) is 0 Å². The maximum atomic E-state index is 14.2. The largest absolute Gasteiger partial charge is 0.378 e. The topological polar surface area (TPSA) is 37.6 Å². The van der Waals surface area contributed by atoms with E-state index >= 15 is 0 Å². The summed E-state index contributed by atoms with van der Waals surface area (Å²) in [5.74, 6) is -0.685. The van der Waals surface area contributed by atoms with E-state index in [0.717, 1.165) is 10.4 Å². The fourth-order valence-corrected chi connectivity index (χ4v) is 3.58. The number of aromatic nitrogens is 1. The van der Waals surface area contributed by atoms with Crippen LogP contribution in [0.25, 0.3) is 10.2 Å². The number of halogens is 1. The van der Waals surface area contributed by atoms with Crippen molar-refractivity contribution in [2.24, 2.45) is 4.99 Å². The summed E-state index contributed by atoms with van der Waals surface area (Å²) in [7, 11) is 3.87. The number of amides is 1. The number of thiazole rings is 1. The highest BCUT2D eigenvalue weighted by Gasteiger charge is 2.11. The van der Waals surface area contributed by atoms with Crippen molar-refractivity contribution >= 4 is 33.1 Å². The van der Waals surface area contributed by atoms with Gasteiger partial charge in [0, 0.05) is 31.9 Å². The number of benzene rings is 2. The fourth-order valence-electron chi connectivity index (χ4n) is 2.52. The van der Waals surface area contributed by atoms with Gasteiger partial charge in [0.25, 0.3) is 5.91 Å². The predicted octanol–water partition coefficient (Wildman–Crippen LogP) is 3.84. The molecule has 6 heteroatoms. The molecule has 0 bridgehead atoms. The molecule has 0 spiro atoms. The minimum Gasteiger partial charge on any atom is -0.378 e. The lowest BCUT2D eigenvalue weighted by Gasteiger charge is -2.11. The summed E-state index contributed by atoms with van der Waals surface area (Å²) in [5, 5.41) is 0. The van der Waals surface area contributed by atoms with Crippen molar-refractivity contribution < 1.29 is 9.18 Å². The van der Waals surface area contributed by atoms with Gasteiger partial charge in [-0.2, -0.15) is 4.99 Å². The summed E-state index contributed by atoms with van der Waals surface area (Å²) < 4.78 is 16.6. The first-order valence-corrected chi connectivity index (χ1v) is 8.58. The molecule has 0 fully saturated rings. The van der Waals surface area contributed by atoms with Crippen LogP contribution in [0.2, 0.25) is 0 Å². The first-order chi connectivity index (χ1) is 12.0.